The standard InChI is InChI=1S/C14H15BrClN3OS/c1-20-12-4-2-9(8-11(12)16)19-14(17)18-7-6-10-3-5-13(15)21-10/h2-5,8H,6-7H2,1H3,(H3,17,18,19). The lowest BCUT2D eigenvalue weighted by Crippen LogP contribution is -2.23. The van der Waals surface area contributed by atoms with Crippen LogP contribution >= 0.6 is 38.9 Å². The summed E-state index contributed by atoms with van der Waals surface area (Å²) in [4.78, 5) is 5.57. The van der Waals surface area contributed by atoms with Crippen molar-refractivity contribution in [1.82, 2.24) is 0 Å². The molecule has 0 aliphatic heterocycles. The van der Waals surface area contributed by atoms with Gasteiger partial charge in [-0.15, -0.1) is 11.3 Å². The van der Waals surface area contributed by atoms with E-state index in [0.717, 1.165) is 15.9 Å². The van der Waals surface area contributed by atoms with Gasteiger partial charge in [0.05, 0.1) is 15.9 Å². The molecule has 0 aliphatic rings. The summed E-state index contributed by atoms with van der Waals surface area (Å²) in [7, 11) is 1.58. The van der Waals surface area contributed by atoms with E-state index in [1.807, 2.05) is 12.1 Å². The highest BCUT2D eigenvalue weighted by atomic mass is 79.9. The van der Waals surface area contributed by atoms with Crippen molar-refractivity contribution in [2.45, 2.75) is 6.42 Å². The van der Waals surface area contributed by atoms with Crippen LogP contribution in [-0.2, 0) is 6.42 Å². The number of halogens is 2. The number of ether oxygens (including phenoxy) is 1. The van der Waals surface area contributed by atoms with Crippen molar-refractivity contribution in [3.63, 3.8) is 0 Å². The van der Waals surface area contributed by atoms with Crippen molar-refractivity contribution in [2.75, 3.05) is 19.0 Å². The molecule has 1 aromatic carbocycles. The number of nitrogens with zero attached hydrogens (tertiary/aromatic N) is 1. The lowest BCUT2D eigenvalue weighted by Gasteiger charge is -2.08. The number of thiophene rings is 1. The number of rotatable bonds is 5. The molecule has 4 nitrogen and oxygen atoms in total. The highest BCUT2D eigenvalue weighted by molar-refractivity contribution is 9.11. The number of methoxy groups -OCH3 is 1. The first-order valence-corrected chi connectivity index (χ1v) is 8.22. The fourth-order valence-corrected chi connectivity index (χ4v) is 3.43. The number of nitrogens with one attached hydrogen (secondary N) is 1. The van der Waals surface area contributed by atoms with Gasteiger partial charge >= 0.3 is 0 Å². The number of anilines is 1. The molecule has 0 saturated heterocycles. The summed E-state index contributed by atoms with van der Waals surface area (Å²) in [6.07, 6.45) is 0.863. The fraction of sp³-hybridized carbons (Fsp3) is 0.214. The van der Waals surface area contributed by atoms with Crippen LogP contribution in [0.25, 0.3) is 0 Å². The van der Waals surface area contributed by atoms with E-state index < -0.39 is 0 Å². The third-order valence-electron chi connectivity index (χ3n) is 2.69. The monoisotopic (exact) mass is 387 g/mol. The van der Waals surface area contributed by atoms with E-state index in [0.29, 0.717) is 23.3 Å². The summed E-state index contributed by atoms with van der Waals surface area (Å²) in [6, 6.07) is 9.48. The Morgan fingerprint density at radius 2 is 2.24 bits per heavy atom. The Kier molecular flexibility index (Phi) is 5.90. The Labute approximate surface area is 141 Å². The molecular formula is C14H15BrClN3OS. The van der Waals surface area contributed by atoms with Gasteiger partial charge in [-0.05, 0) is 46.3 Å². The topological polar surface area (TPSA) is 59.6 Å². The molecule has 0 aliphatic carbocycles. The summed E-state index contributed by atoms with van der Waals surface area (Å²) in [5.74, 6) is 0.993. The van der Waals surface area contributed by atoms with Gasteiger partial charge in [-0.2, -0.15) is 0 Å². The van der Waals surface area contributed by atoms with Crippen molar-refractivity contribution in [3.05, 3.63) is 44.0 Å². The SMILES string of the molecule is COc1ccc(NC(N)=NCCc2ccc(Br)s2)cc1Cl. The first kappa shape index (κ1) is 16.1. The predicted octanol–water partition coefficient (Wildman–Crippen LogP) is 4.14. The van der Waals surface area contributed by atoms with E-state index in [-0.39, 0.29) is 0 Å². The van der Waals surface area contributed by atoms with E-state index in [9.17, 15) is 0 Å². The van der Waals surface area contributed by atoms with Crippen LogP contribution in [-0.4, -0.2) is 19.6 Å². The van der Waals surface area contributed by atoms with Crippen LogP contribution in [0, 0.1) is 0 Å². The summed E-state index contributed by atoms with van der Waals surface area (Å²) < 4.78 is 6.22. The Balaban J connectivity index is 1.89. The van der Waals surface area contributed by atoms with E-state index >= 15 is 0 Å². The van der Waals surface area contributed by atoms with Gasteiger partial charge in [0.25, 0.3) is 0 Å². The fourth-order valence-electron chi connectivity index (χ4n) is 1.70. The largest absolute Gasteiger partial charge is 0.495 e. The second kappa shape index (κ2) is 7.68. The molecule has 0 amide bonds. The molecule has 3 N–H and O–H groups in total. The van der Waals surface area contributed by atoms with Gasteiger partial charge in [-0.25, -0.2) is 0 Å². The third-order valence-corrected chi connectivity index (χ3v) is 4.67. The molecule has 0 saturated carbocycles. The zero-order valence-electron chi connectivity index (χ0n) is 11.4. The molecule has 21 heavy (non-hydrogen) atoms. The molecule has 1 aromatic heterocycles. The van der Waals surface area contributed by atoms with Gasteiger partial charge in [-0.1, -0.05) is 11.6 Å². The first-order chi connectivity index (χ1) is 10.1. The van der Waals surface area contributed by atoms with Crippen LogP contribution in [0.3, 0.4) is 0 Å². The number of aliphatic imine (C=N–C) groups is 1. The average molecular weight is 389 g/mol. The van der Waals surface area contributed by atoms with Gasteiger partial charge < -0.3 is 15.8 Å². The minimum Gasteiger partial charge on any atom is -0.495 e. The number of nitrogens with two attached hydrogens (primary N) is 1. The number of benzene rings is 1. The van der Waals surface area contributed by atoms with Gasteiger partial charge in [-0.3, -0.25) is 4.99 Å². The summed E-state index contributed by atoms with van der Waals surface area (Å²) in [5.41, 5.74) is 6.63. The lowest BCUT2D eigenvalue weighted by atomic mass is 10.3. The van der Waals surface area contributed by atoms with Crippen LogP contribution in [0.15, 0.2) is 39.1 Å². The number of guanidine groups is 1. The van der Waals surface area contributed by atoms with Gasteiger partial charge in [0, 0.05) is 23.5 Å². The predicted molar refractivity (Wildman–Crippen MR) is 93.8 cm³/mol. The maximum absolute atomic E-state index is 6.05. The minimum atomic E-state index is 0.367. The van der Waals surface area contributed by atoms with Crippen molar-refractivity contribution < 1.29 is 4.74 Å². The number of hydrogen-bond donors (Lipinski definition) is 2. The van der Waals surface area contributed by atoms with Crippen molar-refractivity contribution in [2.24, 2.45) is 10.7 Å². The van der Waals surface area contributed by atoms with E-state index in [2.05, 4.69) is 32.3 Å². The molecule has 0 bridgehead atoms. The smallest absolute Gasteiger partial charge is 0.193 e. The molecule has 0 unspecified atom stereocenters. The molecule has 7 heteroatoms. The normalized spacial score (nSPS) is 11.5. The Morgan fingerprint density at radius 1 is 1.43 bits per heavy atom. The van der Waals surface area contributed by atoms with Crippen molar-refractivity contribution >= 4 is 50.5 Å². The zero-order chi connectivity index (χ0) is 15.2. The summed E-state index contributed by atoms with van der Waals surface area (Å²) in [5, 5.41) is 3.53. The van der Waals surface area contributed by atoms with Crippen LogP contribution < -0.4 is 15.8 Å². The number of hydrogen-bond acceptors (Lipinski definition) is 3. The van der Waals surface area contributed by atoms with E-state index in [1.54, 1.807) is 30.6 Å². The molecule has 0 spiro atoms. The van der Waals surface area contributed by atoms with Gasteiger partial charge in [0.2, 0.25) is 0 Å². The molecule has 112 valence electrons. The van der Waals surface area contributed by atoms with E-state index in [4.69, 9.17) is 22.1 Å². The van der Waals surface area contributed by atoms with Crippen LogP contribution in [0.1, 0.15) is 4.88 Å². The third kappa shape index (κ3) is 4.91. The lowest BCUT2D eigenvalue weighted by molar-refractivity contribution is 0.415. The summed E-state index contributed by atoms with van der Waals surface area (Å²) in [6.45, 7) is 0.635. The Bertz CT molecular complexity index is 645. The maximum atomic E-state index is 6.05. The second-order valence-corrected chi connectivity index (χ2v) is 7.15. The molecule has 2 rings (SSSR count). The van der Waals surface area contributed by atoms with Crippen LogP contribution in [0.5, 0.6) is 5.75 Å². The van der Waals surface area contributed by atoms with Crippen LogP contribution in [0.2, 0.25) is 5.02 Å². The Hall–Kier alpha value is -1.24. The molecule has 0 fully saturated rings. The average Bonchev–Trinajstić information content (AvgIpc) is 2.84. The van der Waals surface area contributed by atoms with Crippen molar-refractivity contribution in [3.8, 4) is 5.75 Å². The minimum absolute atomic E-state index is 0.367. The zero-order valence-corrected chi connectivity index (χ0v) is 14.6. The molecular weight excluding hydrogens is 374 g/mol. The maximum Gasteiger partial charge on any atom is 0.193 e. The quantitative estimate of drug-likeness (QED) is 0.598. The van der Waals surface area contributed by atoms with Crippen molar-refractivity contribution in [1.29, 1.82) is 0 Å². The van der Waals surface area contributed by atoms with Gasteiger partial charge in [0.1, 0.15) is 5.75 Å². The first-order valence-electron chi connectivity index (χ1n) is 6.23. The van der Waals surface area contributed by atoms with Gasteiger partial charge in [0.15, 0.2) is 5.96 Å². The Morgan fingerprint density at radius 3 is 2.86 bits per heavy atom. The second-order valence-electron chi connectivity index (χ2n) is 4.20. The molecule has 1 heterocycles. The highest BCUT2D eigenvalue weighted by Gasteiger charge is 2.02. The van der Waals surface area contributed by atoms with E-state index in [1.165, 1.54) is 4.88 Å². The molecule has 0 radical (unpaired) electrons. The molecule has 0 atom stereocenters. The highest BCUT2D eigenvalue weighted by Crippen LogP contribution is 2.27. The van der Waals surface area contributed by atoms with Crippen LogP contribution in [0.4, 0.5) is 5.69 Å². The molecule has 2 aromatic rings. The summed E-state index contributed by atoms with van der Waals surface area (Å²) >= 11 is 11.2.